The van der Waals surface area contributed by atoms with E-state index in [9.17, 15) is 43.5 Å². The summed E-state index contributed by atoms with van der Waals surface area (Å²) in [7, 11) is 0. The summed E-state index contributed by atoms with van der Waals surface area (Å²) < 4.78 is 22.2. The van der Waals surface area contributed by atoms with Crippen LogP contribution in [0.25, 0.3) is 0 Å². The maximum Gasteiger partial charge on any atom is 0.306 e. The summed E-state index contributed by atoms with van der Waals surface area (Å²) in [4.78, 5) is 97.0. The molecule has 0 aliphatic rings. The average molecular weight is 1040 g/mol. The van der Waals surface area contributed by atoms with E-state index in [-0.39, 0.29) is 72.8 Å². The molecule has 0 saturated carbocycles. The highest BCUT2D eigenvalue weighted by atomic mass is 16.5. The predicted octanol–water partition coefficient (Wildman–Crippen LogP) is 9.78. The SMILES string of the molecule is CC(=O)CCCCCCCCCCCCCCCCC(=O)CC(CCCCNC(=O)CCOCCOCCCC(=O)CCOCCOCCCC(=O)C(CCCNC(=O)CC(C)C)NC(=O)CC(C)C)C(=O)O. The third-order valence-corrected chi connectivity index (χ3v) is 12.5. The van der Waals surface area contributed by atoms with Crippen LogP contribution in [0.1, 0.15) is 227 Å². The number of hydrogen-bond acceptors (Lipinski definition) is 12. The van der Waals surface area contributed by atoms with Crippen molar-refractivity contribution in [2.45, 2.75) is 233 Å². The van der Waals surface area contributed by atoms with Crippen LogP contribution in [0.4, 0.5) is 0 Å². The van der Waals surface area contributed by atoms with Crippen LogP contribution in [-0.4, -0.2) is 124 Å². The first-order chi connectivity index (χ1) is 35.1. The van der Waals surface area contributed by atoms with Gasteiger partial charge < -0.3 is 44.8 Å². The zero-order valence-electron chi connectivity index (χ0n) is 46.4. The highest BCUT2D eigenvalue weighted by molar-refractivity contribution is 5.89. The summed E-state index contributed by atoms with van der Waals surface area (Å²) in [6.45, 7) is 13.1. The fraction of sp³-hybridized carbons (Fsp3) is 0.860. The smallest absolute Gasteiger partial charge is 0.306 e. The van der Waals surface area contributed by atoms with Crippen LogP contribution in [0, 0.1) is 17.8 Å². The maximum atomic E-state index is 13.0. The Labute approximate surface area is 440 Å². The first kappa shape index (κ1) is 69.4. The summed E-state index contributed by atoms with van der Waals surface area (Å²) >= 11 is 0. The fourth-order valence-electron chi connectivity index (χ4n) is 8.27. The van der Waals surface area contributed by atoms with E-state index in [1.165, 1.54) is 64.2 Å². The van der Waals surface area contributed by atoms with Gasteiger partial charge in [-0.05, 0) is 70.1 Å². The lowest BCUT2D eigenvalue weighted by molar-refractivity contribution is -0.144. The van der Waals surface area contributed by atoms with Gasteiger partial charge in [-0.15, -0.1) is 0 Å². The molecule has 0 radical (unpaired) electrons. The first-order valence-electron chi connectivity index (χ1n) is 28.5. The van der Waals surface area contributed by atoms with E-state index in [0.717, 1.165) is 32.1 Å². The van der Waals surface area contributed by atoms with Crippen LogP contribution in [0.2, 0.25) is 0 Å². The van der Waals surface area contributed by atoms with Gasteiger partial charge in [0.15, 0.2) is 5.78 Å². The molecule has 16 nitrogen and oxygen atoms in total. The van der Waals surface area contributed by atoms with E-state index < -0.39 is 17.9 Å². The number of unbranched alkanes of at least 4 members (excludes halogenated alkanes) is 14. The summed E-state index contributed by atoms with van der Waals surface area (Å²) in [5.41, 5.74) is 0. The van der Waals surface area contributed by atoms with Gasteiger partial charge >= 0.3 is 5.97 Å². The van der Waals surface area contributed by atoms with Crippen LogP contribution in [0.3, 0.4) is 0 Å². The monoisotopic (exact) mass is 1040 g/mol. The molecule has 2 unspecified atom stereocenters. The Bertz CT molecular complexity index is 1470. The molecule has 0 bridgehead atoms. The van der Waals surface area contributed by atoms with Crippen molar-refractivity contribution in [1.82, 2.24) is 16.0 Å². The fourth-order valence-corrected chi connectivity index (χ4v) is 8.27. The Morgan fingerprint density at radius 3 is 1.38 bits per heavy atom. The Morgan fingerprint density at radius 1 is 0.397 bits per heavy atom. The van der Waals surface area contributed by atoms with Gasteiger partial charge in [0.1, 0.15) is 17.3 Å². The number of carboxylic acid groups (broad SMARTS) is 1. The molecular formula is C57H103N3O13. The number of amides is 3. The molecule has 16 heteroatoms. The van der Waals surface area contributed by atoms with Gasteiger partial charge in [0, 0.05) is 84.1 Å². The van der Waals surface area contributed by atoms with Crippen LogP contribution < -0.4 is 16.0 Å². The Morgan fingerprint density at radius 2 is 0.849 bits per heavy atom. The van der Waals surface area contributed by atoms with Crippen LogP contribution in [-0.2, 0) is 57.3 Å². The zero-order chi connectivity index (χ0) is 54.2. The Kier molecular flexibility index (Phi) is 46.9. The molecule has 2 atom stereocenters. The Hall–Kier alpha value is -3.60. The lowest BCUT2D eigenvalue weighted by atomic mass is 9.94. The molecule has 0 aliphatic carbocycles. The molecule has 0 rings (SSSR count). The molecule has 424 valence electrons. The van der Waals surface area contributed by atoms with Crippen molar-refractivity contribution < 1.29 is 62.4 Å². The highest BCUT2D eigenvalue weighted by Gasteiger charge is 2.22. The molecule has 0 aromatic heterocycles. The molecule has 0 fully saturated rings. The predicted molar refractivity (Wildman–Crippen MR) is 286 cm³/mol. The third-order valence-electron chi connectivity index (χ3n) is 12.5. The molecule has 0 spiro atoms. The zero-order valence-corrected chi connectivity index (χ0v) is 46.4. The second kappa shape index (κ2) is 49.3. The number of carbonyl (C=O) groups is 8. The van der Waals surface area contributed by atoms with Crippen molar-refractivity contribution in [2.75, 3.05) is 65.9 Å². The highest BCUT2D eigenvalue weighted by Crippen LogP contribution is 2.18. The number of carboxylic acids is 1. The number of rotatable bonds is 55. The van der Waals surface area contributed by atoms with E-state index in [2.05, 4.69) is 16.0 Å². The standard InChI is InChI=1S/C57H103N3O13/c1-46(2)43-55(66)59-34-22-29-52(60-56(67)44-47(3)4)53(64)30-24-36-71-39-41-72-37-31-50(62)28-23-35-70-40-42-73-38-32-54(65)58-33-21-20-26-49(57(68)69)45-51(63)27-19-17-15-13-11-9-7-6-8-10-12-14-16-18-25-48(5)61/h46-47,49,52H,6-45H2,1-5H3,(H,58,65)(H,59,66)(H,60,67)(H,68,69). The van der Waals surface area contributed by atoms with Gasteiger partial charge in [-0.1, -0.05) is 111 Å². The van der Waals surface area contributed by atoms with E-state index in [1.54, 1.807) is 6.92 Å². The largest absolute Gasteiger partial charge is 0.481 e. The van der Waals surface area contributed by atoms with Crippen molar-refractivity contribution in [3.05, 3.63) is 0 Å². The van der Waals surface area contributed by atoms with Crippen molar-refractivity contribution in [3.63, 3.8) is 0 Å². The number of ketones is 4. The summed E-state index contributed by atoms with van der Waals surface area (Å²) in [6, 6.07) is -0.596. The maximum absolute atomic E-state index is 13.0. The number of ether oxygens (including phenoxy) is 4. The van der Waals surface area contributed by atoms with Gasteiger partial charge in [0.05, 0.1) is 51.6 Å². The second-order valence-corrected chi connectivity index (χ2v) is 20.7. The molecule has 0 aliphatic heterocycles. The van der Waals surface area contributed by atoms with Gasteiger partial charge in [-0.25, -0.2) is 0 Å². The number of hydrogen-bond donors (Lipinski definition) is 4. The molecule has 3 amide bonds. The topological polar surface area (TPSA) is 230 Å². The quantitative estimate of drug-likeness (QED) is 0.0416. The van der Waals surface area contributed by atoms with E-state index >= 15 is 0 Å². The van der Waals surface area contributed by atoms with Crippen molar-refractivity contribution in [1.29, 1.82) is 0 Å². The molecule has 0 heterocycles. The number of Topliss-reactive ketones (excluding diaryl/α,β-unsaturated/α-hetero) is 4. The van der Waals surface area contributed by atoms with Gasteiger partial charge in [0.2, 0.25) is 17.7 Å². The number of carbonyl (C=O) groups excluding carboxylic acids is 7. The minimum Gasteiger partial charge on any atom is -0.481 e. The second-order valence-electron chi connectivity index (χ2n) is 20.7. The molecule has 0 saturated heterocycles. The lowest BCUT2D eigenvalue weighted by Crippen LogP contribution is -2.41. The summed E-state index contributed by atoms with van der Waals surface area (Å²) in [6.07, 6.45) is 23.4. The Balaban J connectivity index is 3.80. The normalized spacial score (nSPS) is 12.2. The average Bonchev–Trinajstić information content (AvgIpc) is 3.32. The minimum absolute atomic E-state index is 0.0145. The van der Waals surface area contributed by atoms with E-state index in [1.807, 2.05) is 27.7 Å². The molecule has 0 aromatic carbocycles. The number of nitrogens with one attached hydrogen (secondary N) is 3. The first-order valence-corrected chi connectivity index (χ1v) is 28.5. The van der Waals surface area contributed by atoms with E-state index in [0.29, 0.717) is 142 Å². The van der Waals surface area contributed by atoms with Crippen molar-refractivity contribution >= 4 is 46.8 Å². The summed E-state index contributed by atoms with van der Waals surface area (Å²) in [5, 5.41) is 18.3. The molecule has 4 N–H and O–H groups in total. The van der Waals surface area contributed by atoms with Crippen molar-refractivity contribution in [2.24, 2.45) is 17.8 Å². The van der Waals surface area contributed by atoms with E-state index in [4.69, 9.17) is 18.9 Å². The van der Waals surface area contributed by atoms with Crippen LogP contribution in [0.15, 0.2) is 0 Å². The van der Waals surface area contributed by atoms with Gasteiger partial charge in [-0.2, -0.15) is 0 Å². The van der Waals surface area contributed by atoms with Gasteiger partial charge in [-0.3, -0.25) is 33.6 Å². The lowest BCUT2D eigenvalue weighted by Gasteiger charge is -2.19. The third kappa shape index (κ3) is 49.1. The minimum atomic E-state index is -0.940. The number of aliphatic carboxylic acids is 1. The molecular weight excluding hydrogens is 935 g/mol. The van der Waals surface area contributed by atoms with Crippen LogP contribution in [0.5, 0.6) is 0 Å². The van der Waals surface area contributed by atoms with Crippen molar-refractivity contribution in [3.8, 4) is 0 Å². The molecule has 73 heavy (non-hydrogen) atoms. The van der Waals surface area contributed by atoms with Gasteiger partial charge in [0.25, 0.3) is 0 Å². The van der Waals surface area contributed by atoms with Crippen LogP contribution >= 0.6 is 0 Å². The molecule has 0 aromatic rings. The summed E-state index contributed by atoms with van der Waals surface area (Å²) in [5.74, 6) is -1.16.